The van der Waals surface area contributed by atoms with E-state index in [2.05, 4.69) is 10.3 Å². The summed E-state index contributed by atoms with van der Waals surface area (Å²) in [7, 11) is 0. The first-order chi connectivity index (χ1) is 10.2. The molecule has 0 atom stereocenters. The van der Waals surface area contributed by atoms with Gasteiger partial charge in [-0.15, -0.1) is 0 Å². The SMILES string of the molecule is CC(C)(C)OC(=O)NCCC=Cc1ccc(Cl)nc1C(=O)O. The fourth-order valence-electron chi connectivity index (χ4n) is 1.53. The number of alkyl carbamates (subject to hydrolysis) is 1. The molecule has 120 valence electrons. The number of carbonyl (C=O) groups is 2. The van der Waals surface area contributed by atoms with Gasteiger partial charge in [0.1, 0.15) is 10.8 Å². The lowest BCUT2D eigenvalue weighted by Crippen LogP contribution is -2.32. The van der Waals surface area contributed by atoms with Crippen LogP contribution in [-0.4, -0.2) is 34.3 Å². The Morgan fingerprint density at radius 3 is 2.68 bits per heavy atom. The van der Waals surface area contributed by atoms with Crippen LogP contribution in [-0.2, 0) is 4.74 Å². The monoisotopic (exact) mass is 326 g/mol. The van der Waals surface area contributed by atoms with Gasteiger partial charge in [0.25, 0.3) is 0 Å². The third kappa shape index (κ3) is 6.58. The lowest BCUT2D eigenvalue weighted by Gasteiger charge is -2.19. The Morgan fingerprint density at radius 2 is 2.09 bits per heavy atom. The van der Waals surface area contributed by atoms with Gasteiger partial charge in [0.05, 0.1) is 0 Å². The molecule has 0 radical (unpaired) electrons. The number of rotatable bonds is 5. The zero-order valence-corrected chi connectivity index (χ0v) is 13.5. The van der Waals surface area contributed by atoms with E-state index in [1.54, 1.807) is 39.0 Å². The summed E-state index contributed by atoms with van der Waals surface area (Å²) in [6, 6.07) is 3.10. The van der Waals surface area contributed by atoms with Crippen molar-refractivity contribution < 1.29 is 19.4 Å². The van der Waals surface area contributed by atoms with Crippen molar-refractivity contribution in [1.29, 1.82) is 0 Å². The largest absolute Gasteiger partial charge is 0.476 e. The Morgan fingerprint density at radius 1 is 1.41 bits per heavy atom. The molecule has 1 aromatic rings. The fourth-order valence-corrected chi connectivity index (χ4v) is 1.68. The van der Waals surface area contributed by atoms with E-state index in [-0.39, 0.29) is 10.8 Å². The first kappa shape index (κ1) is 18.0. The van der Waals surface area contributed by atoms with Gasteiger partial charge in [0, 0.05) is 12.1 Å². The second kappa shape index (κ2) is 7.79. The van der Waals surface area contributed by atoms with Crippen molar-refractivity contribution in [2.45, 2.75) is 32.8 Å². The lowest BCUT2D eigenvalue weighted by molar-refractivity contribution is 0.0528. The van der Waals surface area contributed by atoms with E-state index in [1.807, 2.05) is 0 Å². The van der Waals surface area contributed by atoms with Crippen LogP contribution in [0.15, 0.2) is 18.2 Å². The highest BCUT2D eigenvalue weighted by atomic mass is 35.5. The molecule has 0 aliphatic heterocycles. The van der Waals surface area contributed by atoms with Crippen LogP contribution in [0.2, 0.25) is 5.15 Å². The Balaban J connectivity index is 2.50. The molecule has 0 spiro atoms. The van der Waals surface area contributed by atoms with Crippen LogP contribution in [0.5, 0.6) is 0 Å². The number of carboxylic acid groups (broad SMARTS) is 1. The van der Waals surface area contributed by atoms with Gasteiger partial charge in [-0.05, 0) is 39.3 Å². The third-order valence-electron chi connectivity index (χ3n) is 2.37. The van der Waals surface area contributed by atoms with Crippen molar-refractivity contribution >= 4 is 29.7 Å². The van der Waals surface area contributed by atoms with Gasteiger partial charge in [0.2, 0.25) is 0 Å². The van der Waals surface area contributed by atoms with Gasteiger partial charge in [0.15, 0.2) is 5.69 Å². The predicted molar refractivity (Wildman–Crippen MR) is 84.1 cm³/mol. The van der Waals surface area contributed by atoms with Crippen molar-refractivity contribution in [3.63, 3.8) is 0 Å². The molecule has 1 heterocycles. The van der Waals surface area contributed by atoms with Gasteiger partial charge < -0.3 is 15.2 Å². The first-order valence-electron chi connectivity index (χ1n) is 6.72. The fraction of sp³-hybridized carbons (Fsp3) is 0.400. The molecule has 0 aliphatic carbocycles. The van der Waals surface area contributed by atoms with Crippen molar-refractivity contribution in [2.24, 2.45) is 0 Å². The summed E-state index contributed by atoms with van der Waals surface area (Å²) < 4.78 is 5.09. The number of carbonyl (C=O) groups excluding carboxylic acids is 1. The Bertz CT molecular complexity index is 579. The minimum Gasteiger partial charge on any atom is -0.476 e. The summed E-state index contributed by atoms with van der Waals surface area (Å²) in [6.45, 7) is 5.74. The van der Waals surface area contributed by atoms with Crippen molar-refractivity contribution in [2.75, 3.05) is 6.54 Å². The third-order valence-corrected chi connectivity index (χ3v) is 2.58. The molecule has 0 unspecified atom stereocenters. The highest BCUT2D eigenvalue weighted by Crippen LogP contribution is 2.13. The maximum atomic E-state index is 11.4. The number of pyridine rings is 1. The summed E-state index contributed by atoms with van der Waals surface area (Å²) in [4.78, 5) is 26.2. The van der Waals surface area contributed by atoms with Gasteiger partial charge in [-0.2, -0.15) is 0 Å². The highest BCUT2D eigenvalue weighted by molar-refractivity contribution is 6.29. The average Bonchev–Trinajstić information content (AvgIpc) is 2.37. The van der Waals surface area contributed by atoms with Crippen LogP contribution in [0.3, 0.4) is 0 Å². The molecule has 2 N–H and O–H groups in total. The zero-order chi connectivity index (χ0) is 16.8. The summed E-state index contributed by atoms with van der Waals surface area (Å²) >= 11 is 5.67. The predicted octanol–water partition coefficient (Wildman–Crippen LogP) is 3.36. The van der Waals surface area contributed by atoms with E-state index < -0.39 is 17.7 Å². The van der Waals surface area contributed by atoms with Gasteiger partial charge in [-0.1, -0.05) is 23.8 Å². The van der Waals surface area contributed by atoms with E-state index in [1.165, 1.54) is 6.07 Å². The topological polar surface area (TPSA) is 88.5 Å². The summed E-state index contributed by atoms with van der Waals surface area (Å²) in [6.07, 6.45) is 3.42. The van der Waals surface area contributed by atoms with Crippen LogP contribution < -0.4 is 5.32 Å². The molecule has 1 rings (SSSR count). The van der Waals surface area contributed by atoms with Gasteiger partial charge >= 0.3 is 12.1 Å². The van der Waals surface area contributed by atoms with Crippen molar-refractivity contribution in [3.05, 3.63) is 34.6 Å². The second-order valence-electron chi connectivity index (χ2n) is 5.50. The normalized spacial score (nSPS) is 11.5. The van der Waals surface area contributed by atoms with Crippen LogP contribution in [0.25, 0.3) is 6.08 Å². The molecule has 6 nitrogen and oxygen atoms in total. The van der Waals surface area contributed by atoms with Crippen LogP contribution in [0.4, 0.5) is 4.79 Å². The number of hydrogen-bond donors (Lipinski definition) is 2. The van der Waals surface area contributed by atoms with E-state index in [0.717, 1.165) is 0 Å². The van der Waals surface area contributed by atoms with E-state index >= 15 is 0 Å². The number of ether oxygens (including phenoxy) is 1. The molecule has 0 aromatic carbocycles. The molecule has 7 heteroatoms. The molecule has 0 fully saturated rings. The summed E-state index contributed by atoms with van der Waals surface area (Å²) in [5.41, 5.74) is -0.191. The smallest absolute Gasteiger partial charge is 0.407 e. The lowest BCUT2D eigenvalue weighted by atomic mass is 10.1. The molecular weight excluding hydrogens is 308 g/mol. The number of amides is 1. The molecule has 0 saturated heterocycles. The highest BCUT2D eigenvalue weighted by Gasteiger charge is 2.15. The molecule has 1 amide bonds. The molecule has 1 aromatic heterocycles. The minimum absolute atomic E-state index is 0.108. The quantitative estimate of drug-likeness (QED) is 0.639. The van der Waals surface area contributed by atoms with Crippen LogP contribution in [0, 0.1) is 0 Å². The average molecular weight is 327 g/mol. The van der Waals surface area contributed by atoms with Crippen LogP contribution >= 0.6 is 11.6 Å². The van der Waals surface area contributed by atoms with Crippen molar-refractivity contribution in [1.82, 2.24) is 10.3 Å². The molecule has 22 heavy (non-hydrogen) atoms. The van der Waals surface area contributed by atoms with Crippen LogP contribution in [0.1, 0.15) is 43.2 Å². The number of nitrogens with one attached hydrogen (secondary N) is 1. The molecule has 0 saturated carbocycles. The summed E-state index contributed by atoms with van der Waals surface area (Å²) in [5, 5.41) is 11.8. The molecule has 0 bridgehead atoms. The van der Waals surface area contributed by atoms with Gasteiger partial charge in [-0.3, -0.25) is 0 Å². The standard InChI is InChI=1S/C15H19ClN2O4/c1-15(2,3)22-14(21)17-9-5-4-6-10-7-8-11(16)18-12(10)13(19)20/h4,6-8H,5,9H2,1-3H3,(H,17,21)(H,19,20). The van der Waals surface area contributed by atoms with E-state index in [4.69, 9.17) is 21.4 Å². The Kier molecular flexibility index (Phi) is 6.37. The number of nitrogens with zero attached hydrogens (tertiary/aromatic N) is 1. The number of hydrogen-bond acceptors (Lipinski definition) is 4. The number of aromatic nitrogens is 1. The number of aromatic carboxylic acids is 1. The van der Waals surface area contributed by atoms with E-state index in [0.29, 0.717) is 18.5 Å². The number of halogens is 1. The zero-order valence-electron chi connectivity index (χ0n) is 12.7. The summed E-state index contributed by atoms with van der Waals surface area (Å²) in [5.74, 6) is -1.14. The second-order valence-corrected chi connectivity index (χ2v) is 5.88. The maximum absolute atomic E-state index is 11.4. The number of carboxylic acids is 1. The minimum atomic E-state index is -1.14. The Labute approximate surface area is 134 Å². The van der Waals surface area contributed by atoms with Crippen molar-refractivity contribution in [3.8, 4) is 0 Å². The molecular formula is C15H19ClN2O4. The van der Waals surface area contributed by atoms with Gasteiger partial charge in [-0.25, -0.2) is 14.6 Å². The first-order valence-corrected chi connectivity index (χ1v) is 7.10. The van der Waals surface area contributed by atoms with E-state index in [9.17, 15) is 9.59 Å². The Hall–Kier alpha value is -2.08. The maximum Gasteiger partial charge on any atom is 0.407 e. The molecule has 0 aliphatic rings.